The summed E-state index contributed by atoms with van der Waals surface area (Å²) in [5.41, 5.74) is 6.39. The van der Waals surface area contributed by atoms with Gasteiger partial charge in [0.05, 0.1) is 0 Å². The maximum Gasteiger partial charge on any atom is 0.123 e. The lowest BCUT2D eigenvalue weighted by molar-refractivity contribution is 0.262. The normalized spacial score (nSPS) is 18.5. The molecule has 3 nitrogen and oxygen atoms in total. The maximum absolute atomic E-state index is 13.8. The van der Waals surface area contributed by atoms with Crippen LogP contribution in [0.4, 0.5) is 4.39 Å². The van der Waals surface area contributed by atoms with Crippen LogP contribution in [0.15, 0.2) is 42.5 Å². The van der Waals surface area contributed by atoms with Crippen molar-refractivity contribution in [2.75, 3.05) is 19.6 Å². The first-order valence-electron chi connectivity index (χ1n) is 10.6. The van der Waals surface area contributed by atoms with Crippen LogP contribution < -0.4 is 0 Å². The minimum atomic E-state index is -0.154. The van der Waals surface area contributed by atoms with E-state index in [1.54, 1.807) is 12.1 Å². The number of H-pyrrole nitrogens is 1. The Morgan fingerprint density at radius 3 is 2.25 bits per heavy atom. The van der Waals surface area contributed by atoms with Crippen molar-refractivity contribution < 1.29 is 4.39 Å². The molecule has 0 unspecified atom stereocenters. The van der Waals surface area contributed by atoms with E-state index in [1.807, 2.05) is 6.07 Å². The smallest absolute Gasteiger partial charge is 0.123 e. The minimum absolute atomic E-state index is 0.154. The van der Waals surface area contributed by atoms with E-state index in [2.05, 4.69) is 39.0 Å². The lowest BCUT2D eigenvalue weighted by Gasteiger charge is -2.21. The molecule has 146 valence electrons. The Labute approximate surface area is 166 Å². The van der Waals surface area contributed by atoms with Gasteiger partial charge in [-0.15, -0.1) is 0 Å². The monoisotopic (exact) mass is 377 g/mol. The minimum Gasteiger partial charge on any atom is -0.358 e. The van der Waals surface area contributed by atoms with Crippen LogP contribution in [0.2, 0.25) is 0 Å². The summed E-state index contributed by atoms with van der Waals surface area (Å²) >= 11 is 0. The lowest BCUT2D eigenvalue weighted by atomic mass is 10.1. The van der Waals surface area contributed by atoms with Crippen molar-refractivity contribution in [1.82, 2.24) is 14.8 Å². The zero-order chi connectivity index (χ0) is 18.9. The Kier molecular flexibility index (Phi) is 4.91. The fourth-order valence-corrected chi connectivity index (χ4v) is 4.79. The third-order valence-corrected chi connectivity index (χ3v) is 6.27. The number of benzene rings is 2. The van der Waals surface area contributed by atoms with Crippen LogP contribution in [-0.2, 0) is 26.1 Å². The maximum atomic E-state index is 13.8. The van der Waals surface area contributed by atoms with Crippen LogP contribution in [0.25, 0.3) is 10.9 Å². The molecular formula is C24H28FN3. The summed E-state index contributed by atoms with van der Waals surface area (Å²) in [5.74, 6) is -0.154. The Bertz CT molecular complexity index is 954. The van der Waals surface area contributed by atoms with Crippen molar-refractivity contribution in [2.24, 2.45) is 0 Å². The number of halogens is 1. The third-order valence-electron chi connectivity index (χ3n) is 6.27. The van der Waals surface area contributed by atoms with Gasteiger partial charge < -0.3 is 4.98 Å². The van der Waals surface area contributed by atoms with Gasteiger partial charge in [0.2, 0.25) is 0 Å². The molecule has 2 aliphatic heterocycles. The van der Waals surface area contributed by atoms with E-state index in [9.17, 15) is 4.39 Å². The van der Waals surface area contributed by atoms with Gasteiger partial charge in [-0.05, 0) is 80.2 Å². The molecule has 0 spiro atoms. The van der Waals surface area contributed by atoms with Crippen LogP contribution in [0.5, 0.6) is 0 Å². The molecule has 0 atom stereocenters. The van der Waals surface area contributed by atoms with E-state index >= 15 is 0 Å². The van der Waals surface area contributed by atoms with Gasteiger partial charge in [-0.25, -0.2) is 4.39 Å². The zero-order valence-corrected chi connectivity index (χ0v) is 16.4. The second-order valence-electron chi connectivity index (χ2n) is 8.39. The SMILES string of the molecule is Fc1ccc2[nH]c3c(c2c1)CN(Cc1ccc(CN2CCCC2)cc1)CCC3. The fourth-order valence-electron chi connectivity index (χ4n) is 4.79. The molecule has 0 aliphatic carbocycles. The first kappa shape index (κ1) is 17.9. The van der Waals surface area contributed by atoms with Crippen molar-refractivity contribution in [2.45, 2.75) is 45.3 Å². The average Bonchev–Trinajstić information content (AvgIpc) is 3.27. The van der Waals surface area contributed by atoms with E-state index in [-0.39, 0.29) is 5.82 Å². The van der Waals surface area contributed by atoms with Gasteiger partial charge in [0.25, 0.3) is 0 Å². The second-order valence-corrected chi connectivity index (χ2v) is 8.39. The molecule has 2 aromatic carbocycles. The zero-order valence-electron chi connectivity index (χ0n) is 16.4. The summed E-state index contributed by atoms with van der Waals surface area (Å²) in [4.78, 5) is 8.55. The highest BCUT2D eigenvalue weighted by Crippen LogP contribution is 2.28. The predicted molar refractivity (Wildman–Crippen MR) is 112 cm³/mol. The summed E-state index contributed by atoms with van der Waals surface area (Å²) in [6, 6.07) is 14.2. The highest BCUT2D eigenvalue weighted by atomic mass is 19.1. The number of likely N-dealkylation sites (tertiary alicyclic amines) is 1. The second kappa shape index (κ2) is 7.69. The molecule has 0 bridgehead atoms. The topological polar surface area (TPSA) is 22.3 Å². The summed E-state index contributed by atoms with van der Waals surface area (Å²) in [6.07, 6.45) is 4.85. The van der Waals surface area contributed by atoms with E-state index in [1.165, 1.54) is 48.3 Å². The molecule has 4 heteroatoms. The number of aryl methyl sites for hydroxylation is 1. The van der Waals surface area contributed by atoms with Gasteiger partial charge in [0.1, 0.15) is 5.82 Å². The summed E-state index contributed by atoms with van der Waals surface area (Å²) < 4.78 is 13.8. The molecule has 1 saturated heterocycles. The van der Waals surface area contributed by atoms with Crippen molar-refractivity contribution in [3.63, 3.8) is 0 Å². The lowest BCUT2D eigenvalue weighted by Crippen LogP contribution is -2.23. The predicted octanol–water partition coefficient (Wildman–Crippen LogP) is 4.85. The van der Waals surface area contributed by atoms with Gasteiger partial charge in [0.15, 0.2) is 0 Å². The number of fused-ring (bicyclic) bond motifs is 3. The number of hydrogen-bond donors (Lipinski definition) is 1. The number of hydrogen-bond acceptors (Lipinski definition) is 2. The van der Waals surface area contributed by atoms with E-state index < -0.39 is 0 Å². The molecule has 0 amide bonds. The molecule has 0 saturated carbocycles. The summed E-state index contributed by atoms with van der Waals surface area (Å²) in [5, 5.41) is 1.04. The largest absolute Gasteiger partial charge is 0.358 e. The molecular weight excluding hydrogens is 349 g/mol. The van der Waals surface area contributed by atoms with Crippen molar-refractivity contribution >= 4 is 10.9 Å². The molecule has 1 aromatic heterocycles. The average molecular weight is 378 g/mol. The van der Waals surface area contributed by atoms with Crippen LogP contribution in [0.3, 0.4) is 0 Å². The highest BCUT2D eigenvalue weighted by Gasteiger charge is 2.19. The van der Waals surface area contributed by atoms with Crippen molar-refractivity contribution in [3.05, 3.63) is 70.7 Å². The number of aromatic amines is 1. The van der Waals surface area contributed by atoms with Crippen LogP contribution in [0, 0.1) is 5.82 Å². The van der Waals surface area contributed by atoms with E-state index in [0.717, 1.165) is 49.9 Å². The Morgan fingerprint density at radius 1 is 0.821 bits per heavy atom. The van der Waals surface area contributed by atoms with Crippen molar-refractivity contribution in [1.29, 1.82) is 0 Å². The summed E-state index contributed by atoms with van der Waals surface area (Å²) in [7, 11) is 0. The number of aromatic nitrogens is 1. The first-order valence-corrected chi connectivity index (χ1v) is 10.6. The third kappa shape index (κ3) is 3.71. The molecule has 0 radical (unpaired) electrons. The van der Waals surface area contributed by atoms with Gasteiger partial charge in [-0.3, -0.25) is 9.80 Å². The van der Waals surface area contributed by atoms with Crippen LogP contribution in [-0.4, -0.2) is 34.4 Å². The molecule has 1 fully saturated rings. The molecule has 28 heavy (non-hydrogen) atoms. The Morgan fingerprint density at radius 2 is 1.50 bits per heavy atom. The van der Waals surface area contributed by atoms with Crippen LogP contribution >= 0.6 is 0 Å². The molecule has 3 heterocycles. The number of nitrogens with zero attached hydrogens (tertiary/aromatic N) is 2. The molecule has 2 aliphatic rings. The Hall–Kier alpha value is -2.17. The molecule has 1 N–H and O–H groups in total. The molecule has 3 aromatic rings. The van der Waals surface area contributed by atoms with Gasteiger partial charge in [-0.1, -0.05) is 24.3 Å². The van der Waals surface area contributed by atoms with Gasteiger partial charge in [0, 0.05) is 36.2 Å². The van der Waals surface area contributed by atoms with Gasteiger partial charge >= 0.3 is 0 Å². The Balaban J connectivity index is 1.30. The van der Waals surface area contributed by atoms with Gasteiger partial charge in [-0.2, -0.15) is 0 Å². The first-order chi connectivity index (χ1) is 13.7. The van der Waals surface area contributed by atoms with E-state index in [0.29, 0.717) is 0 Å². The van der Waals surface area contributed by atoms with E-state index in [4.69, 9.17) is 0 Å². The summed E-state index contributed by atoms with van der Waals surface area (Å²) in [6.45, 7) is 6.47. The van der Waals surface area contributed by atoms with Crippen molar-refractivity contribution in [3.8, 4) is 0 Å². The quantitative estimate of drug-likeness (QED) is 0.702. The standard InChI is InChI=1S/C24H28FN3/c25-20-9-10-24-21(14-20)22-17-28(13-3-4-23(22)26-24)16-19-7-5-18(6-8-19)15-27-11-1-2-12-27/h5-10,14,26H,1-4,11-13,15-17H2. The molecule has 5 rings (SSSR count). The highest BCUT2D eigenvalue weighted by molar-refractivity contribution is 5.84. The van der Waals surface area contributed by atoms with Crippen LogP contribution in [0.1, 0.15) is 41.6 Å². The fraction of sp³-hybridized carbons (Fsp3) is 0.417. The number of rotatable bonds is 4. The number of nitrogens with one attached hydrogen (secondary N) is 1.